The summed E-state index contributed by atoms with van der Waals surface area (Å²) in [7, 11) is 3.98. The number of aliphatic imine (C=N–C) groups is 1. The molecular weight excluding hydrogens is 264 g/mol. The standard InChI is InChI=1S/C16H36N4O/c1-6-8-13-21-14-9-10-18-16(17-4)19-11-12-20(5)15(3)7-2/h15H,6-14H2,1-5H3,(H2,17,18,19). The molecule has 0 saturated heterocycles. The molecule has 21 heavy (non-hydrogen) atoms. The van der Waals surface area contributed by atoms with Gasteiger partial charge in [-0.05, 0) is 33.2 Å². The molecule has 0 aromatic rings. The van der Waals surface area contributed by atoms with Crippen LogP contribution in [0.4, 0.5) is 0 Å². The lowest BCUT2D eigenvalue weighted by Crippen LogP contribution is -2.42. The highest BCUT2D eigenvalue weighted by Gasteiger charge is 2.06. The fourth-order valence-electron chi connectivity index (χ4n) is 1.83. The van der Waals surface area contributed by atoms with Gasteiger partial charge in [-0.15, -0.1) is 0 Å². The number of likely N-dealkylation sites (N-methyl/N-ethyl adjacent to an activating group) is 1. The minimum atomic E-state index is 0.627. The highest BCUT2D eigenvalue weighted by molar-refractivity contribution is 5.79. The van der Waals surface area contributed by atoms with Crippen LogP contribution in [-0.2, 0) is 4.74 Å². The lowest BCUT2D eigenvalue weighted by molar-refractivity contribution is 0.129. The quantitative estimate of drug-likeness (QED) is 0.329. The van der Waals surface area contributed by atoms with Crippen LogP contribution in [0.1, 0.15) is 46.5 Å². The fourth-order valence-corrected chi connectivity index (χ4v) is 1.83. The van der Waals surface area contributed by atoms with E-state index in [1.807, 2.05) is 7.05 Å². The molecule has 2 N–H and O–H groups in total. The first kappa shape index (κ1) is 20.2. The summed E-state index contributed by atoms with van der Waals surface area (Å²) >= 11 is 0. The van der Waals surface area contributed by atoms with Crippen molar-refractivity contribution in [2.45, 2.75) is 52.5 Å². The normalized spacial score (nSPS) is 13.5. The summed E-state index contributed by atoms with van der Waals surface area (Å²) in [6, 6.07) is 0.627. The molecule has 0 heterocycles. The van der Waals surface area contributed by atoms with Gasteiger partial charge in [-0.25, -0.2) is 0 Å². The third kappa shape index (κ3) is 11.5. The minimum Gasteiger partial charge on any atom is -0.381 e. The second-order valence-corrected chi connectivity index (χ2v) is 5.48. The first-order valence-electron chi connectivity index (χ1n) is 8.38. The van der Waals surface area contributed by atoms with E-state index in [0.29, 0.717) is 6.04 Å². The molecule has 0 saturated carbocycles. The molecule has 1 unspecified atom stereocenters. The van der Waals surface area contributed by atoms with Gasteiger partial charge in [-0.3, -0.25) is 4.99 Å². The first-order chi connectivity index (χ1) is 10.2. The fraction of sp³-hybridized carbons (Fsp3) is 0.938. The molecule has 0 aromatic carbocycles. The summed E-state index contributed by atoms with van der Waals surface area (Å²) in [5.74, 6) is 0.876. The monoisotopic (exact) mass is 300 g/mol. The van der Waals surface area contributed by atoms with Gasteiger partial charge in [0.15, 0.2) is 5.96 Å². The van der Waals surface area contributed by atoms with Crippen molar-refractivity contribution in [3.05, 3.63) is 0 Å². The predicted octanol–water partition coefficient (Wildman–Crippen LogP) is 2.09. The molecular formula is C16H36N4O. The molecule has 126 valence electrons. The Bertz CT molecular complexity index is 259. The summed E-state index contributed by atoms with van der Waals surface area (Å²) in [6.07, 6.45) is 4.54. The van der Waals surface area contributed by atoms with Crippen molar-refractivity contribution in [2.75, 3.05) is 46.9 Å². The molecule has 0 aliphatic carbocycles. The number of unbranched alkanes of at least 4 members (excludes halogenated alkanes) is 1. The van der Waals surface area contributed by atoms with Crippen LogP contribution in [0.3, 0.4) is 0 Å². The van der Waals surface area contributed by atoms with E-state index in [4.69, 9.17) is 4.74 Å². The Hall–Kier alpha value is -0.810. The molecule has 0 bridgehead atoms. The summed E-state index contributed by atoms with van der Waals surface area (Å²) in [5.41, 5.74) is 0. The number of hydrogen-bond donors (Lipinski definition) is 2. The zero-order valence-corrected chi connectivity index (χ0v) is 14.7. The Kier molecular flexibility index (Phi) is 13.6. The lowest BCUT2D eigenvalue weighted by atomic mass is 10.2. The van der Waals surface area contributed by atoms with E-state index in [0.717, 1.165) is 51.6 Å². The maximum atomic E-state index is 5.53. The molecule has 5 nitrogen and oxygen atoms in total. The van der Waals surface area contributed by atoms with Crippen LogP contribution in [0, 0.1) is 0 Å². The van der Waals surface area contributed by atoms with Gasteiger partial charge in [-0.2, -0.15) is 0 Å². The van der Waals surface area contributed by atoms with Crippen molar-refractivity contribution in [1.29, 1.82) is 0 Å². The van der Waals surface area contributed by atoms with Crippen molar-refractivity contribution < 1.29 is 4.74 Å². The molecule has 5 heteroatoms. The van der Waals surface area contributed by atoms with Crippen LogP contribution >= 0.6 is 0 Å². The third-order valence-electron chi connectivity index (χ3n) is 3.72. The van der Waals surface area contributed by atoms with Gasteiger partial charge in [0.25, 0.3) is 0 Å². The number of guanidine groups is 1. The first-order valence-corrected chi connectivity index (χ1v) is 8.38. The Morgan fingerprint density at radius 1 is 1.14 bits per heavy atom. The highest BCUT2D eigenvalue weighted by Crippen LogP contribution is 1.98. The molecule has 0 aliphatic rings. The zero-order chi connectivity index (χ0) is 15.9. The Balaban J connectivity index is 3.59. The van der Waals surface area contributed by atoms with E-state index in [-0.39, 0.29) is 0 Å². The van der Waals surface area contributed by atoms with Gasteiger partial charge in [0.2, 0.25) is 0 Å². The summed E-state index contributed by atoms with van der Waals surface area (Å²) < 4.78 is 5.53. The third-order valence-corrected chi connectivity index (χ3v) is 3.72. The van der Waals surface area contributed by atoms with Crippen LogP contribution in [0.5, 0.6) is 0 Å². The predicted molar refractivity (Wildman–Crippen MR) is 92.1 cm³/mol. The Morgan fingerprint density at radius 2 is 1.81 bits per heavy atom. The van der Waals surface area contributed by atoms with E-state index < -0.39 is 0 Å². The second-order valence-electron chi connectivity index (χ2n) is 5.48. The molecule has 0 aliphatic heterocycles. The Morgan fingerprint density at radius 3 is 2.43 bits per heavy atom. The number of rotatable bonds is 12. The zero-order valence-electron chi connectivity index (χ0n) is 14.7. The van der Waals surface area contributed by atoms with Crippen LogP contribution in [-0.4, -0.2) is 63.8 Å². The van der Waals surface area contributed by atoms with Crippen LogP contribution in [0.2, 0.25) is 0 Å². The average Bonchev–Trinajstić information content (AvgIpc) is 2.51. The van der Waals surface area contributed by atoms with E-state index in [1.165, 1.54) is 12.8 Å². The molecule has 0 aromatic heterocycles. The van der Waals surface area contributed by atoms with E-state index >= 15 is 0 Å². The maximum Gasteiger partial charge on any atom is 0.191 e. The largest absolute Gasteiger partial charge is 0.381 e. The molecule has 0 fully saturated rings. The van der Waals surface area contributed by atoms with Crippen LogP contribution in [0.15, 0.2) is 4.99 Å². The summed E-state index contributed by atoms with van der Waals surface area (Å²) in [5, 5.41) is 6.66. The second kappa shape index (κ2) is 14.1. The smallest absolute Gasteiger partial charge is 0.191 e. The molecule has 0 spiro atoms. The number of ether oxygens (including phenoxy) is 1. The van der Waals surface area contributed by atoms with Crippen molar-refractivity contribution in [3.8, 4) is 0 Å². The van der Waals surface area contributed by atoms with E-state index in [9.17, 15) is 0 Å². The summed E-state index contributed by atoms with van der Waals surface area (Å²) in [4.78, 5) is 6.60. The molecule has 0 rings (SSSR count). The van der Waals surface area contributed by atoms with Crippen molar-refractivity contribution in [1.82, 2.24) is 15.5 Å². The molecule has 0 amide bonds. The maximum absolute atomic E-state index is 5.53. The lowest BCUT2D eigenvalue weighted by Gasteiger charge is -2.23. The summed E-state index contributed by atoms with van der Waals surface area (Å²) in [6.45, 7) is 11.2. The van der Waals surface area contributed by atoms with Crippen molar-refractivity contribution >= 4 is 5.96 Å². The Labute approximate surface area is 131 Å². The number of nitrogens with zero attached hydrogens (tertiary/aromatic N) is 2. The van der Waals surface area contributed by atoms with Gasteiger partial charge in [0.05, 0.1) is 0 Å². The van der Waals surface area contributed by atoms with Crippen molar-refractivity contribution in [3.63, 3.8) is 0 Å². The SMILES string of the molecule is CCCCOCCCNC(=NC)NCCN(C)C(C)CC. The van der Waals surface area contributed by atoms with Gasteiger partial charge in [0.1, 0.15) is 0 Å². The topological polar surface area (TPSA) is 48.9 Å². The molecule has 0 radical (unpaired) electrons. The van der Waals surface area contributed by atoms with Gasteiger partial charge < -0.3 is 20.3 Å². The number of nitrogens with one attached hydrogen (secondary N) is 2. The molecule has 1 atom stereocenters. The van der Waals surface area contributed by atoms with Gasteiger partial charge in [0, 0.05) is 45.9 Å². The average molecular weight is 300 g/mol. The van der Waals surface area contributed by atoms with Gasteiger partial charge >= 0.3 is 0 Å². The number of hydrogen-bond acceptors (Lipinski definition) is 3. The minimum absolute atomic E-state index is 0.627. The van der Waals surface area contributed by atoms with Crippen molar-refractivity contribution in [2.24, 2.45) is 4.99 Å². The van der Waals surface area contributed by atoms with Crippen LogP contribution < -0.4 is 10.6 Å². The van der Waals surface area contributed by atoms with Gasteiger partial charge in [-0.1, -0.05) is 20.3 Å². The van der Waals surface area contributed by atoms with Crippen LogP contribution in [0.25, 0.3) is 0 Å². The van der Waals surface area contributed by atoms with E-state index in [1.54, 1.807) is 0 Å². The highest BCUT2D eigenvalue weighted by atomic mass is 16.5. The van der Waals surface area contributed by atoms with E-state index in [2.05, 4.69) is 48.3 Å².